The van der Waals surface area contributed by atoms with Crippen LogP contribution < -0.4 is 10.5 Å². The first kappa shape index (κ1) is 14.9. The van der Waals surface area contributed by atoms with E-state index in [1.54, 1.807) is 0 Å². The van der Waals surface area contributed by atoms with Gasteiger partial charge in [-0.3, -0.25) is 0 Å². The third-order valence-corrected chi connectivity index (χ3v) is 5.06. The Bertz CT molecular complexity index is 1130. The van der Waals surface area contributed by atoms with Gasteiger partial charge < -0.3 is 9.32 Å². The molecule has 0 fully saturated rings. The highest BCUT2D eigenvalue weighted by Crippen LogP contribution is 2.31. The summed E-state index contributed by atoms with van der Waals surface area (Å²) in [5, 5.41) is 1.59. The lowest BCUT2D eigenvalue weighted by Crippen LogP contribution is -2.08. The van der Waals surface area contributed by atoms with Gasteiger partial charge in [0.05, 0.1) is 15.8 Å². The number of hydrogen-bond acceptors (Lipinski definition) is 5. The monoisotopic (exact) mass is 336 g/mol. The third kappa shape index (κ3) is 2.47. The van der Waals surface area contributed by atoms with E-state index in [4.69, 9.17) is 4.42 Å². The summed E-state index contributed by atoms with van der Waals surface area (Å²) >= 11 is 1.52. The topological polar surface area (TPSA) is 46.3 Å². The summed E-state index contributed by atoms with van der Waals surface area (Å²) in [4.78, 5) is 19.0. The lowest BCUT2D eigenvalue weighted by molar-refractivity contribution is 0.563. The van der Waals surface area contributed by atoms with Gasteiger partial charge >= 0.3 is 5.63 Å². The smallest absolute Gasteiger partial charge is 0.346 e. The second-order valence-corrected chi connectivity index (χ2v) is 7.08. The standard InChI is InChI=1S/C19H16N2O2S/c1-11-4-7-15-17(8-11)24-18(20-15)14-9-12-5-6-13(21(2)3)10-16(12)23-19(14)22/h4-10H,1-3H3. The van der Waals surface area contributed by atoms with E-state index in [9.17, 15) is 4.79 Å². The molecule has 0 radical (unpaired) electrons. The molecular formula is C19H16N2O2S. The van der Waals surface area contributed by atoms with Gasteiger partial charge in [-0.05, 0) is 42.8 Å². The molecule has 5 heteroatoms. The highest BCUT2D eigenvalue weighted by Gasteiger charge is 2.13. The fourth-order valence-electron chi connectivity index (χ4n) is 2.67. The highest BCUT2D eigenvalue weighted by molar-refractivity contribution is 7.21. The molecule has 24 heavy (non-hydrogen) atoms. The maximum absolute atomic E-state index is 12.4. The van der Waals surface area contributed by atoms with Crippen LogP contribution in [0.5, 0.6) is 0 Å². The fraction of sp³-hybridized carbons (Fsp3) is 0.158. The molecule has 0 N–H and O–H groups in total. The first-order chi connectivity index (χ1) is 11.5. The number of benzene rings is 2. The van der Waals surface area contributed by atoms with Gasteiger partial charge in [0.15, 0.2) is 0 Å². The quantitative estimate of drug-likeness (QED) is 0.508. The zero-order valence-electron chi connectivity index (χ0n) is 13.7. The minimum atomic E-state index is -0.353. The summed E-state index contributed by atoms with van der Waals surface area (Å²) in [6.07, 6.45) is 0. The number of rotatable bonds is 2. The number of aryl methyl sites for hydroxylation is 1. The van der Waals surface area contributed by atoms with Crippen molar-refractivity contribution in [3.8, 4) is 10.6 Å². The van der Waals surface area contributed by atoms with Crippen molar-refractivity contribution < 1.29 is 4.42 Å². The minimum absolute atomic E-state index is 0.353. The summed E-state index contributed by atoms with van der Waals surface area (Å²) in [7, 11) is 3.91. The molecule has 0 bridgehead atoms. The molecule has 2 heterocycles. The van der Waals surface area contributed by atoms with E-state index in [-0.39, 0.29) is 5.63 Å². The van der Waals surface area contributed by atoms with E-state index in [2.05, 4.69) is 11.1 Å². The summed E-state index contributed by atoms with van der Waals surface area (Å²) < 4.78 is 6.62. The lowest BCUT2D eigenvalue weighted by Gasteiger charge is -2.12. The Hall–Kier alpha value is -2.66. The van der Waals surface area contributed by atoms with Gasteiger partial charge in [-0.25, -0.2) is 9.78 Å². The van der Waals surface area contributed by atoms with Gasteiger partial charge in [-0.2, -0.15) is 0 Å². The molecule has 0 aliphatic heterocycles. The molecular weight excluding hydrogens is 320 g/mol. The summed E-state index contributed by atoms with van der Waals surface area (Å²) in [6, 6.07) is 13.8. The van der Waals surface area contributed by atoms with E-state index < -0.39 is 0 Å². The first-order valence-corrected chi connectivity index (χ1v) is 8.46. The Balaban J connectivity index is 1.90. The van der Waals surface area contributed by atoms with Crippen molar-refractivity contribution in [2.75, 3.05) is 19.0 Å². The number of nitrogens with zero attached hydrogens (tertiary/aromatic N) is 2. The van der Waals surface area contributed by atoms with Gasteiger partial charge in [0.2, 0.25) is 0 Å². The normalized spacial score (nSPS) is 11.3. The zero-order valence-corrected chi connectivity index (χ0v) is 14.5. The van der Waals surface area contributed by atoms with E-state index in [1.165, 1.54) is 16.9 Å². The van der Waals surface area contributed by atoms with Crippen molar-refractivity contribution >= 4 is 38.2 Å². The van der Waals surface area contributed by atoms with Crippen LogP contribution >= 0.6 is 11.3 Å². The molecule has 2 aromatic heterocycles. The Kier molecular flexibility index (Phi) is 3.39. The molecule has 0 saturated carbocycles. The molecule has 0 aliphatic rings. The van der Waals surface area contributed by atoms with E-state index in [0.717, 1.165) is 21.3 Å². The Morgan fingerprint density at radius 1 is 1.08 bits per heavy atom. The van der Waals surface area contributed by atoms with Gasteiger partial charge in [-0.1, -0.05) is 6.07 Å². The third-order valence-electron chi connectivity index (χ3n) is 4.01. The van der Waals surface area contributed by atoms with Crippen LogP contribution in [-0.2, 0) is 0 Å². The summed E-state index contributed by atoms with van der Waals surface area (Å²) in [6.45, 7) is 2.05. The van der Waals surface area contributed by atoms with Crippen molar-refractivity contribution in [1.29, 1.82) is 0 Å². The molecule has 0 saturated heterocycles. The maximum Gasteiger partial charge on any atom is 0.346 e. The first-order valence-electron chi connectivity index (χ1n) is 7.64. The van der Waals surface area contributed by atoms with E-state index >= 15 is 0 Å². The molecule has 0 amide bonds. The van der Waals surface area contributed by atoms with E-state index in [0.29, 0.717) is 16.2 Å². The van der Waals surface area contributed by atoms with Crippen LogP contribution in [0.15, 0.2) is 51.7 Å². The molecule has 4 aromatic rings. The number of fused-ring (bicyclic) bond motifs is 2. The predicted molar refractivity (Wildman–Crippen MR) is 100 cm³/mol. The van der Waals surface area contributed by atoms with Crippen LogP contribution in [0, 0.1) is 6.92 Å². The van der Waals surface area contributed by atoms with Gasteiger partial charge in [0, 0.05) is 31.2 Å². The minimum Gasteiger partial charge on any atom is -0.422 e. The number of hydrogen-bond donors (Lipinski definition) is 0. The lowest BCUT2D eigenvalue weighted by atomic mass is 10.1. The van der Waals surface area contributed by atoms with Gasteiger partial charge in [0.1, 0.15) is 10.6 Å². The molecule has 2 aromatic carbocycles. The number of aromatic nitrogens is 1. The van der Waals surface area contributed by atoms with Gasteiger partial charge in [-0.15, -0.1) is 11.3 Å². The van der Waals surface area contributed by atoms with Crippen molar-refractivity contribution in [1.82, 2.24) is 4.98 Å². The fourth-order valence-corrected chi connectivity index (χ4v) is 3.74. The Morgan fingerprint density at radius 2 is 1.92 bits per heavy atom. The molecule has 0 aliphatic carbocycles. The SMILES string of the molecule is Cc1ccc2nc(-c3cc4ccc(N(C)C)cc4oc3=O)sc2c1. The average Bonchev–Trinajstić information content (AvgIpc) is 2.96. The number of anilines is 1. The number of thiazole rings is 1. The van der Waals surface area contributed by atoms with Crippen LogP contribution in [0.25, 0.3) is 31.8 Å². The van der Waals surface area contributed by atoms with Gasteiger partial charge in [0.25, 0.3) is 0 Å². The van der Waals surface area contributed by atoms with Crippen molar-refractivity contribution in [3.63, 3.8) is 0 Å². The molecule has 4 nitrogen and oxygen atoms in total. The Morgan fingerprint density at radius 3 is 2.71 bits per heavy atom. The summed E-state index contributed by atoms with van der Waals surface area (Å²) in [5.41, 5.74) is 3.83. The maximum atomic E-state index is 12.4. The molecule has 0 atom stereocenters. The second kappa shape index (κ2) is 5.46. The average molecular weight is 336 g/mol. The Labute approximate surface area is 143 Å². The van der Waals surface area contributed by atoms with Crippen LogP contribution in [0.4, 0.5) is 5.69 Å². The highest BCUT2D eigenvalue weighted by atomic mass is 32.1. The van der Waals surface area contributed by atoms with Crippen LogP contribution in [-0.4, -0.2) is 19.1 Å². The zero-order chi connectivity index (χ0) is 16.8. The molecule has 0 spiro atoms. The van der Waals surface area contributed by atoms with Crippen molar-refractivity contribution in [3.05, 3.63) is 58.4 Å². The van der Waals surface area contributed by atoms with Crippen molar-refractivity contribution in [2.24, 2.45) is 0 Å². The van der Waals surface area contributed by atoms with E-state index in [1.807, 2.05) is 62.3 Å². The van der Waals surface area contributed by atoms with Crippen LogP contribution in [0.2, 0.25) is 0 Å². The predicted octanol–water partition coefficient (Wildman–Crippen LogP) is 4.44. The van der Waals surface area contributed by atoms with Crippen LogP contribution in [0.3, 0.4) is 0 Å². The summed E-state index contributed by atoms with van der Waals surface area (Å²) in [5.74, 6) is 0. The second-order valence-electron chi connectivity index (χ2n) is 6.05. The van der Waals surface area contributed by atoms with Crippen molar-refractivity contribution in [2.45, 2.75) is 6.92 Å². The molecule has 0 unspecified atom stereocenters. The van der Waals surface area contributed by atoms with Crippen LogP contribution in [0.1, 0.15) is 5.56 Å². The largest absolute Gasteiger partial charge is 0.422 e. The molecule has 120 valence electrons. The molecule has 4 rings (SSSR count).